The summed E-state index contributed by atoms with van der Waals surface area (Å²) in [6, 6.07) is 5.29. The summed E-state index contributed by atoms with van der Waals surface area (Å²) in [6.45, 7) is 3.01. The predicted octanol–water partition coefficient (Wildman–Crippen LogP) is 4.52. The number of hydrogen-bond donors (Lipinski definition) is 2. The lowest BCUT2D eigenvalue weighted by Crippen LogP contribution is -2.07. The zero-order chi connectivity index (χ0) is 15.1. The second kappa shape index (κ2) is 8.00. The molecule has 0 bridgehead atoms. The highest BCUT2D eigenvalue weighted by Crippen LogP contribution is 2.26. The van der Waals surface area contributed by atoms with Crippen LogP contribution in [0.15, 0.2) is 24.4 Å². The van der Waals surface area contributed by atoms with Crippen molar-refractivity contribution in [1.29, 1.82) is 0 Å². The fourth-order valence-electron chi connectivity index (χ4n) is 1.74. The lowest BCUT2D eigenvalue weighted by atomic mass is 10.2. The summed E-state index contributed by atoms with van der Waals surface area (Å²) < 4.78 is 0. The largest absolute Gasteiger partial charge is 0.353 e. The first-order chi connectivity index (χ1) is 10.2. The Kier molecular flexibility index (Phi) is 6.02. The van der Waals surface area contributed by atoms with Gasteiger partial charge in [0.1, 0.15) is 0 Å². The lowest BCUT2D eigenvalue weighted by molar-refractivity contribution is 0.738. The van der Waals surface area contributed by atoms with Crippen LogP contribution in [0.3, 0.4) is 0 Å². The Labute approximate surface area is 134 Å². The highest BCUT2D eigenvalue weighted by Gasteiger charge is 2.03. The maximum atomic E-state index is 5.98. The summed E-state index contributed by atoms with van der Waals surface area (Å²) in [5, 5.41) is 15.1. The Balaban J connectivity index is 1.98. The number of benzene rings is 1. The van der Waals surface area contributed by atoms with Gasteiger partial charge in [-0.2, -0.15) is 10.1 Å². The molecule has 7 heteroatoms. The first-order valence-electron chi connectivity index (χ1n) is 6.84. The predicted molar refractivity (Wildman–Crippen MR) is 87.6 cm³/mol. The van der Waals surface area contributed by atoms with Gasteiger partial charge in [0.05, 0.1) is 16.2 Å². The summed E-state index contributed by atoms with van der Waals surface area (Å²) >= 11 is 11.9. The van der Waals surface area contributed by atoms with Gasteiger partial charge in [0.25, 0.3) is 0 Å². The van der Waals surface area contributed by atoms with E-state index in [0.29, 0.717) is 21.8 Å². The van der Waals surface area contributed by atoms with Crippen molar-refractivity contribution in [2.45, 2.75) is 26.2 Å². The van der Waals surface area contributed by atoms with Crippen LogP contribution in [0.4, 0.5) is 17.5 Å². The summed E-state index contributed by atoms with van der Waals surface area (Å²) in [5.74, 6) is 1.11. The van der Waals surface area contributed by atoms with Crippen molar-refractivity contribution < 1.29 is 0 Å². The van der Waals surface area contributed by atoms with Gasteiger partial charge in [-0.1, -0.05) is 43.0 Å². The summed E-state index contributed by atoms with van der Waals surface area (Å²) in [4.78, 5) is 4.35. The van der Waals surface area contributed by atoms with E-state index in [4.69, 9.17) is 23.2 Å². The number of unbranched alkanes of at least 4 members (excludes halogenated alkanes) is 2. The molecule has 2 rings (SSSR count). The van der Waals surface area contributed by atoms with Crippen LogP contribution in [0.2, 0.25) is 10.0 Å². The average Bonchev–Trinajstić information content (AvgIpc) is 2.48. The van der Waals surface area contributed by atoms with Gasteiger partial charge in [-0.15, -0.1) is 5.10 Å². The SMILES string of the molecule is CCCCCNc1nncc(Nc2ccc(Cl)c(Cl)c2)n1. The molecule has 112 valence electrons. The molecule has 21 heavy (non-hydrogen) atoms. The van der Waals surface area contributed by atoms with Crippen LogP contribution in [0.25, 0.3) is 0 Å². The van der Waals surface area contributed by atoms with Crippen LogP contribution in [0.5, 0.6) is 0 Å². The Bertz CT molecular complexity index is 591. The summed E-state index contributed by atoms with van der Waals surface area (Å²) in [5.41, 5.74) is 0.793. The van der Waals surface area contributed by atoms with Crippen LogP contribution in [-0.4, -0.2) is 21.7 Å². The molecule has 0 aliphatic heterocycles. The van der Waals surface area contributed by atoms with E-state index in [9.17, 15) is 0 Å². The van der Waals surface area contributed by atoms with E-state index in [1.807, 2.05) is 6.07 Å². The number of halogens is 2. The minimum atomic E-state index is 0.488. The Hall–Kier alpha value is -1.59. The number of anilines is 3. The Morgan fingerprint density at radius 1 is 1.14 bits per heavy atom. The van der Waals surface area contributed by atoms with E-state index in [1.165, 1.54) is 12.8 Å². The first kappa shape index (κ1) is 15.8. The molecule has 5 nitrogen and oxygen atoms in total. The molecular weight excluding hydrogens is 309 g/mol. The van der Waals surface area contributed by atoms with Crippen molar-refractivity contribution in [3.05, 3.63) is 34.4 Å². The maximum absolute atomic E-state index is 5.98. The van der Waals surface area contributed by atoms with Crippen LogP contribution in [-0.2, 0) is 0 Å². The first-order valence-corrected chi connectivity index (χ1v) is 7.60. The van der Waals surface area contributed by atoms with E-state index in [-0.39, 0.29) is 0 Å². The number of aromatic nitrogens is 3. The smallest absolute Gasteiger partial charge is 0.244 e. The molecule has 0 radical (unpaired) electrons. The number of rotatable bonds is 7. The van der Waals surface area contributed by atoms with Crippen LogP contribution >= 0.6 is 23.2 Å². The molecule has 0 amide bonds. The maximum Gasteiger partial charge on any atom is 0.244 e. The third kappa shape index (κ3) is 5.02. The second-order valence-corrected chi connectivity index (χ2v) is 5.37. The third-order valence-electron chi connectivity index (χ3n) is 2.81. The molecule has 1 heterocycles. The molecule has 0 aliphatic carbocycles. The van der Waals surface area contributed by atoms with Crippen molar-refractivity contribution in [2.24, 2.45) is 0 Å². The van der Waals surface area contributed by atoms with Gasteiger partial charge >= 0.3 is 0 Å². The van der Waals surface area contributed by atoms with E-state index >= 15 is 0 Å². The zero-order valence-corrected chi connectivity index (χ0v) is 13.2. The molecule has 0 saturated carbocycles. The van der Waals surface area contributed by atoms with Crippen molar-refractivity contribution in [2.75, 3.05) is 17.2 Å². The second-order valence-electron chi connectivity index (χ2n) is 4.55. The number of hydrogen-bond acceptors (Lipinski definition) is 5. The van der Waals surface area contributed by atoms with Gasteiger partial charge in [-0.05, 0) is 24.6 Å². The van der Waals surface area contributed by atoms with Crippen molar-refractivity contribution in [3.8, 4) is 0 Å². The molecule has 0 saturated heterocycles. The van der Waals surface area contributed by atoms with Gasteiger partial charge in [0, 0.05) is 12.2 Å². The minimum Gasteiger partial charge on any atom is -0.353 e. The van der Waals surface area contributed by atoms with Gasteiger partial charge < -0.3 is 10.6 Å². The molecule has 0 fully saturated rings. The van der Waals surface area contributed by atoms with Gasteiger partial charge in [-0.3, -0.25) is 0 Å². The van der Waals surface area contributed by atoms with Gasteiger partial charge in [-0.25, -0.2) is 0 Å². The highest BCUT2D eigenvalue weighted by molar-refractivity contribution is 6.42. The molecule has 0 atom stereocenters. The number of nitrogens with zero attached hydrogens (tertiary/aromatic N) is 3. The molecule has 2 N–H and O–H groups in total. The number of nitrogens with one attached hydrogen (secondary N) is 2. The Morgan fingerprint density at radius 3 is 2.76 bits per heavy atom. The lowest BCUT2D eigenvalue weighted by Gasteiger charge is -2.08. The Morgan fingerprint density at radius 2 is 2.00 bits per heavy atom. The quantitative estimate of drug-likeness (QED) is 0.732. The topological polar surface area (TPSA) is 62.7 Å². The van der Waals surface area contributed by atoms with Crippen molar-refractivity contribution >= 4 is 40.7 Å². The monoisotopic (exact) mass is 325 g/mol. The zero-order valence-electron chi connectivity index (χ0n) is 11.7. The fraction of sp³-hybridized carbons (Fsp3) is 0.357. The third-order valence-corrected chi connectivity index (χ3v) is 3.55. The summed E-state index contributed by atoms with van der Waals surface area (Å²) in [7, 11) is 0. The van der Waals surface area contributed by atoms with E-state index in [0.717, 1.165) is 18.7 Å². The fourth-order valence-corrected chi connectivity index (χ4v) is 2.03. The molecule has 1 aromatic heterocycles. The molecule has 2 aromatic rings. The standard InChI is InChI=1S/C14H17Cl2N5/c1-2-3-4-7-17-14-20-13(9-18-21-14)19-10-5-6-11(15)12(16)8-10/h5-6,8-9H,2-4,7H2,1H3,(H2,17,19,20,21). The van der Waals surface area contributed by atoms with Gasteiger partial charge in [0.15, 0.2) is 5.82 Å². The highest BCUT2D eigenvalue weighted by atomic mass is 35.5. The summed E-state index contributed by atoms with van der Waals surface area (Å²) in [6.07, 6.45) is 5.01. The van der Waals surface area contributed by atoms with Crippen molar-refractivity contribution in [3.63, 3.8) is 0 Å². The molecule has 0 unspecified atom stereocenters. The van der Waals surface area contributed by atoms with E-state index in [1.54, 1.807) is 18.3 Å². The van der Waals surface area contributed by atoms with Gasteiger partial charge in [0.2, 0.25) is 5.95 Å². The average molecular weight is 326 g/mol. The molecule has 1 aromatic carbocycles. The van der Waals surface area contributed by atoms with E-state index in [2.05, 4.69) is 32.7 Å². The van der Waals surface area contributed by atoms with Crippen molar-refractivity contribution in [1.82, 2.24) is 15.2 Å². The van der Waals surface area contributed by atoms with E-state index < -0.39 is 0 Å². The molecule has 0 aliphatic rings. The van der Waals surface area contributed by atoms with Crippen LogP contribution in [0.1, 0.15) is 26.2 Å². The van der Waals surface area contributed by atoms with Crippen LogP contribution < -0.4 is 10.6 Å². The van der Waals surface area contributed by atoms with Crippen LogP contribution in [0, 0.1) is 0 Å². The minimum absolute atomic E-state index is 0.488. The molecular formula is C14H17Cl2N5. The molecule has 0 spiro atoms. The normalized spacial score (nSPS) is 10.4.